The molecule has 0 aliphatic heterocycles. The lowest BCUT2D eigenvalue weighted by Gasteiger charge is -2.05. The number of hydrogen-bond acceptors (Lipinski definition) is 3. The summed E-state index contributed by atoms with van der Waals surface area (Å²) in [4.78, 5) is 10.1. The van der Waals surface area contributed by atoms with Gasteiger partial charge in [0.1, 0.15) is 0 Å². The molecule has 4 nitrogen and oxygen atoms in total. The maximum atomic E-state index is 10.1. The summed E-state index contributed by atoms with van der Waals surface area (Å²) in [5.74, 6) is -1.64. The van der Waals surface area contributed by atoms with E-state index in [1.807, 2.05) is 0 Å². The lowest BCUT2D eigenvalue weighted by molar-refractivity contribution is -0.142. The minimum Gasteiger partial charge on any atom is -0.481 e. The molecule has 0 unspecified atom stereocenters. The predicted octanol–water partition coefficient (Wildman–Crippen LogP) is -0.679. The van der Waals surface area contributed by atoms with Crippen LogP contribution in [0.15, 0.2) is 0 Å². The molecule has 0 aromatic carbocycles. The Bertz CT molecular complexity index is 98.9. The Hall–Kier alpha value is -0.320. The average Bonchev–Trinajstić information content (AvgIpc) is 1.82. The highest BCUT2D eigenvalue weighted by molar-refractivity contribution is 5.85. The van der Waals surface area contributed by atoms with E-state index in [0.717, 1.165) is 0 Å². The topological polar surface area (TPSA) is 69.6 Å². The van der Waals surface area contributed by atoms with Crippen LogP contribution >= 0.6 is 12.4 Å². The maximum absolute atomic E-state index is 10.1. The predicted molar refractivity (Wildman–Crippen MR) is 39.4 cm³/mol. The second-order valence-electron chi connectivity index (χ2n) is 1.78. The van der Waals surface area contributed by atoms with Crippen molar-refractivity contribution in [3.8, 4) is 0 Å². The van der Waals surface area contributed by atoms with Gasteiger partial charge in [-0.3, -0.25) is 4.79 Å². The zero-order valence-electron chi connectivity index (χ0n) is 5.70. The van der Waals surface area contributed by atoms with Crippen molar-refractivity contribution in [2.75, 3.05) is 20.2 Å². The number of aliphatic carboxylic acids is 1. The summed E-state index contributed by atoms with van der Waals surface area (Å²) < 4.78 is 0. The van der Waals surface area contributed by atoms with E-state index in [9.17, 15) is 4.79 Å². The van der Waals surface area contributed by atoms with E-state index in [1.54, 1.807) is 7.05 Å². The molecule has 0 rings (SSSR count). The molecule has 1 atom stereocenters. The zero-order chi connectivity index (χ0) is 7.28. The van der Waals surface area contributed by atoms with Crippen molar-refractivity contribution in [1.29, 1.82) is 0 Å². The Balaban J connectivity index is 0. The Morgan fingerprint density at radius 2 is 2.20 bits per heavy atom. The van der Waals surface area contributed by atoms with E-state index in [0.29, 0.717) is 6.54 Å². The molecule has 0 amide bonds. The number of carboxylic acids is 1. The molecule has 0 bridgehead atoms. The highest BCUT2D eigenvalue weighted by Gasteiger charge is 2.13. The van der Waals surface area contributed by atoms with Gasteiger partial charge in [0.15, 0.2) is 0 Å². The molecular weight excluding hydrogens is 158 g/mol. The number of carbonyl (C=O) groups is 1. The Labute approximate surface area is 65.7 Å². The van der Waals surface area contributed by atoms with Gasteiger partial charge in [0.05, 0.1) is 12.5 Å². The zero-order valence-corrected chi connectivity index (χ0v) is 6.52. The third kappa shape index (κ3) is 4.55. The summed E-state index contributed by atoms with van der Waals surface area (Å²) in [6.07, 6.45) is 0. The fourth-order valence-corrected chi connectivity index (χ4v) is 0.476. The van der Waals surface area contributed by atoms with Gasteiger partial charge in [0.2, 0.25) is 0 Å². The molecular formula is C5H12ClNO3. The molecule has 62 valence electrons. The van der Waals surface area contributed by atoms with Gasteiger partial charge in [-0.25, -0.2) is 0 Å². The number of halogens is 1. The molecule has 0 saturated heterocycles. The van der Waals surface area contributed by atoms with Crippen LogP contribution in [0.5, 0.6) is 0 Å². The van der Waals surface area contributed by atoms with E-state index in [1.165, 1.54) is 0 Å². The average molecular weight is 170 g/mol. The molecule has 0 saturated carbocycles. The summed E-state index contributed by atoms with van der Waals surface area (Å²) in [7, 11) is 1.64. The Morgan fingerprint density at radius 1 is 1.70 bits per heavy atom. The number of hydrogen-bond donors (Lipinski definition) is 3. The van der Waals surface area contributed by atoms with Crippen molar-refractivity contribution in [2.45, 2.75) is 0 Å². The van der Waals surface area contributed by atoms with E-state index < -0.39 is 11.9 Å². The SMILES string of the molecule is CNC[C@H](CO)C(=O)O.Cl. The van der Waals surface area contributed by atoms with E-state index in [-0.39, 0.29) is 19.0 Å². The van der Waals surface area contributed by atoms with Gasteiger partial charge in [0, 0.05) is 6.54 Å². The fraction of sp³-hybridized carbons (Fsp3) is 0.800. The summed E-state index contributed by atoms with van der Waals surface area (Å²) in [5.41, 5.74) is 0. The van der Waals surface area contributed by atoms with Crippen LogP contribution in [0.1, 0.15) is 0 Å². The van der Waals surface area contributed by atoms with Crippen molar-refractivity contribution in [2.24, 2.45) is 5.92 Å². The van der Waals surface area contributed by atoms with Gasteiger partial charge in [-0.1, -0.05) is 0 Å². The summed E-state index contributed by atoms with van der Waals surface area (Å²) in [5, 5.41) is 19.4. The number of aliphatic hydroxyl groups excluding tert-OH is 1. The summed E-state index contributed by atoms with van der Waals surface area (Å²) in [6.45, 7) is 0.00199. The molecule has 0 aliphatic carbocycles. The minimum absolute atomic E-state index is 0. The first kappa shape index (κ1) is 12.4. The van der Waals surface area contributed by atoms with Gasteiger partial charge < -0.3 is 15.5 Å². The number of aliphatic hydroxyl groups is 1. The number of rotatable bonds is 4. The van der Waals surface area contributed by atoms with Gasteiger partial charge in [0.25, 0.3) is 0 Å². The van der Waals surface area contributed by atoms with E-state index in [2.05, 4.69) is 5.32 Å². The van der Waals surface area contributed by atoms with Crippen molar-refractivity contribution in [1.82, 2.24) is 5.32 Å². The lowest BCUT2D eigenvalue weighted by Crippen LogP contribution is -2.28. The molecule has 0 heterocycles. The largest absolute Gasteiger partial charge is 0.481 e. The van der Waals surface area contributed by atoms with Crippen molar-refractivity contribution in [3.63, 3.8) is 0 Å². The first-order valence-corrected chi connectivity index (χ1v) is 2.70. The normalized spacial score (nSPS) is 11.8. The van der Waals surface area contributed by atoms with Crippen LogP contribution in [-0.2, 0) is 4.79 Å². The van der Waals surface area contributed by atoms with E-state index >= 15 is 0 Å². The summed E-state index contributed by atoms with van der Waals surface area (Å²) in [6, 6.07) is 0. The lowest BCUT2D eigenvalue weighted by atomic mass is 10.2. The van der Waals surface area contributed by atoms with Crippen LogP contribution in [0.3, 0.4) is 0 Å². The molecule has 0 aromatic rings. The van der Waals surface area contributed by atoms with Crippen molar-refractivity contribution in [3.05, 3.63) is 0 Å². The third-order valence-corrected chi connectivity index (χ3v) is 1.02. The van der Waals surface area contributed by atoms with Crippen LogP contribution < -0.4 is 5.32 Å². The minimum atomic E-state index is -0.966. The van der Waals surface area contributed by atoms with Crippen LogP contribution in [0.2, 0.25) is 0 Å². The first-order chi connectivity index (χ1) is 4.22. The molecule has 0 spiro atoms. The maximum Gasteiger partial charge on any atom is 0.310 e. The highest BCUT2D eigenvalue weighted by atomic mass is 35.5. The smallest absolute Gasteiger partial charge is 0.310 e. The van der Waals surface area contributed by atoms with Gasteiger partial charge in [-0.15, -0.1) is 12.4 Å². The second kappa shape index (κ2) is 6.80. The summed E-state index contributed by atoms with van der Waals surface area (Å²) >= 11 is 0. The number of carboxylic acid groups (broad SMARTS) is 1. The third-order valence-electron chi connectivity index (χ3n) is 1.02. The monoisotopic (exact) mass is 169 g/mol. The second-order valence-corrected chi connectivity index (χ2v) is 1.78. The molecule has 0 fully saturated rings. The van der Waals surface area contributed by atoms with Crippen LogP contribution in [-0.4, -0.2) is 36.4 Å². The Morgan fingerprint density at radius 3 is 2.30 bits per heavy atom. The quantitative estimate of drug-likeness (QED) is 0.522. The first-order valence-electron chi connectivity index (χ1n) is 2.70. The number of nitrogens with one attached hydrogen (secondary N) is 1. The molecule has 0 aliphatic rings. The van der Waals surface area contributed by atoms with E-state index in [4.69, 9.17) is 10.2 Å². The van der Waals surface area contributed by atoms with Crippen LogP contribution in [0.25, 0.3) is 0 Å². The molecule has 0 radical (unpaired) electrons. The molecule has 0 aromatic heterocycles. The molecule has 5 heteroatoms. The standard InChI is InChI=1S/C5H11NO3.ClH/c1-6-2-4(3-7)5(8)9;/h4,6-7H,2-3H2,1H3,(H,8,9);1H/t4-;/m1./s1. The van der Waals surface area contributed by atoms with Crippen LogP contribution in [0.4, 0.5) is 0 Å². The van der Waals surface area contributed by atoms with Crippen LogP contribution in [0, 0.1) is 5.92 Å². The highest BCUT2D eigenvalue weighted by Crippen LogP contribution is 1.90. The fourth-order valence-electron chi connectivity index (χ4n) is 0.476. The van der Waals surface area contributed by atoms with Gasteiger partial charge >= 0.3 is 5.97 Å². The van der Waals surface area contributed by atoms with Crippen molar-refractivity contribution < 1.29 is 15.0 Å². The molecule has 3 N–H and O–H groups in total. The molecule has 10 heavy (non-hydrogen) atoms. The Kier molecular flexibility index (Phi) is 8.40. The van der Waals surface area contributed by atoms with Crippen molar-refractivity contribution >= 4 is 18.4 Å². The van der Waals surface area contributed by atoms with Gasteiger partial charge in [-0.2, -0.15) is 0 Å². The van der Waals surface area contributed by atoms with Gasteiger partial charge in [-0.05, 0) is 7.05 Å².